The van der Waals surface area contributed by atoms with Crippen molar-refractivity contribution < 1.29 is 9.53 Å². The predicted molar refractivity (Wildman–Crippen MR) is 76.4 cm³/mol. The molecule has 4 nitrogen and oxygen atoms in total. The Labute approximate surface area is 110 Å². The number of anilines is 1. The number of para-hydroxylation sites is 1. The molecule has 4 heteroatoms. The SMILES string of the molecule is CCOC(=O)Nc1ccc2[nH]c3ccccc3c2c1. The van der Waals surface area contributed by atoms with Crippen molar-refractivity contribution in [2.24, 2.45) is 0 Å². The summed E-state index contributed by atoms with van der Waals surface area (Å²) in [6.07, 6.45) is -0.429. The van der Waals surface area contributed by atoms with Crippen LogP contribution >= 0.6 is 0 Å². The number of H-pyrrole nitrogens is 1. The van der Waals surface area contributed by atoms with E-state index in [2.05, 4.69) is 16.4 Å². The van der Waals surface area contributed by atoms with E-state index >= 15 is 0 Å². The van der Waals surface area contributed by atoms with Crippen molar-refractivity contribution in [2.45, 2.75) is 6.92 Å². The molecule has 2 N–H and O–H groups in total. The topological polar surface area (TPSA) is 54.1 Å². The summed E-state index contributed by atoms with van der Waals surface area (Å²) in [7, 11) is 0. The predicted octanol–water partition coefficient (Wildman–Crippen LogP) is 3.89. The average molecular weight is 254 g/mol. The van der Waals surface area contributed by atoms with Gasteiger partial charge in [-0.25, -0.2) is 4.79 Å². The Morgan fingerprint density at radius 3 is 2.79 bits per heavy atom. The number of hydrogen-bond acceptors (Lipinski definition) is 2. The van der Waals surface area contributed by atoms with Crippen molar-refractivity contribution in [3.63, 3.8) is 0 Å². The van der Waals surface area contributed by atoms with Gasteiger partial charge in [-0.2, -0.15) is 0 Å². The van der Waals surface area contributed by atoms with E-state index in [0.29, 0.717) is 6.61 Å². The number of aromatic amines is 1. The van der Waals surface area contributed by atoms with Gasteiger partial charge in [0.2, 0.25) is 0 Å². The van der Waals surface area contributed by atoms with Crippen molar-refractivity contribution in [3.05, 3.63) is 42.5 Å². The lowest BCUT2D eigenvalue weighted by Crippen LogP contribution is -2.12. The maximum absolute atomic E-state index is 11.4. The lowest BCUT2D eigenvalue weighted by molar-refractivity contribution is 0.168. The fraction of sp³-hybridized carbons (Fsp3) is 0.133. The number of nitrogens with one attached hydrogen (secondary N) is 2. The van der Waals surface area contributed by atoms with Gasteiger partial charge in [0.25, 0.3) is 0 Å². The summed E-state index contributed by atoms with van der Waals surface area (Å²) in [5.41, 5.74) is 2.87. The van der Waals surface area contributed by atoms with Crippen molar-refractivity contribution in [1.82, 2.24) is 4.98 Å². The third kappa shape index (κ3) is 2.12. The summed E-state index contributed by atoms with van der Waals surface area (Å²) >= 11 is 0. The molecule has 0 saturated heterocycles. The maximum Gasteiger partial charge on any atom is 0.411 e. The molecular weight excluding hydrogens is 240 g/mol. The second-order valence-electron chi connectivity index (χ2n) is 4.28. The maximum atomic E-state index is 11.4. The standard InChI is InChI=1S/C15H14N2O2/c1-2-19-15(18)16-10-7-8-14-12(9-10)11-5-3-4-6-13(11)17-14/h3-9,17H,2H2,1H3,(H,16,18). The molecule has 0 unspecified atom stereocenters. The van der Waals surface area contributed by atoms with Gasteiger partial charge >= 0.3 is 6.09 Å². The molecule has 0 bridgehead atoms. The van der Waals surface area contributed by atoms with Gasteiger partial charge < -0.3 is 9.72 Å². The zero-order valence-electron chi connectivity index (χ0n) is 10.6. The lowest BCUT2D eigenvalue weighted by Gasteiger charge is -2.05. The second kappa shape index (κ2) is 4.65. The quantitative estimate of drug-likeness (QED) is 0.729. The van der Waals surface area contributed by atoms with Gasteiger partial charge in [0.05, 0.1) is 6.61 Å². The molecule has 19 heavy (non-hydrogen) atoms. The van der Waals surface area contributed by atoms with Crippen LogP contribution in [0.5, 0.6) is 0 Å². The van der Waals surface area contributed by atoms with Crippen molar-refractivity contribution in [3.8, 4) is 0 Å². The van der Waals surface area contributed by atoms with Crippen LogP contribution in [0.2, 0.25) is 0 Å². The number of carbonyl (C=O) groups is 1. The van der Waals surface area contributed by atoms with Crippen LogP contribution in [0.25, 0.3) is 21.8 Å². The third-order valence-electron chi connectivity index (χ3n) is 3.03. The lowest BCUT2D eigenvalue weighted by atomic mass is 10.1. The Hall–Kier alpha value is -2.49. The Morgan fingerprint density at radius 2 is 1.95 bits per heavy atom. The first-order chi connectivity index (χ1) is 9.28. The van der Waals surface area contributed by atoms with Gasteiger partial charge in [0, 0.05) is 27.5 Å². The Balaban J connectivity index is 2.04. The van der Waals surface area contributed by atoms with Crippen LogP contribution in [0.3, 0.4) is 0 Å². The Bertz CT molecular complexity index is 746. The van der Waals surface area contributed by atoms with Crippen LogP contribution in [0.4, 0.5) is 10.5 Å². The fourth-order valence-electron chi connectivity index (χ4n) is 2.21. The number of rotatable bonds is 2. The molecule has 0 spiro atoms. The number of hydrogen-bond donors (Lipinski definition) is 2. The highest BCUT2D eigenvalue weighted by molar-refractivity contribution is 6.08. The van der Waals surface area contributed by atoms with Crippen LogP contribution in [-0.2, 0) is 4.74 Å². The van der Waals surface area contributed by atoms with Gasteiger partial charge in [-0.15, -0.1) is 0 Å². The smallest absolute Gasteiger partial charge is 0.411 e. The van der Waals surface area contributed by atoms with Crippen molar-refractivity contribution in [1.29, 1.82) is 0 Å². The molecule has 2 aromatic carbocycles. The van der Waals surface area contributed by atoms with E-state index in [-0.39, 0.29) is 0 Å². The van der Waals surface area contributed by atoms with Crippen molar-refractivity contribution >= 4 is 33.6 Å². The number of benzene rings is 2. The summed E-state index contributed by atoms with van der Waals surface area (Å²) < 4.78 is 4.87. The van der Waals surface area contributed by atoms with E-state index in [1.807, 2.05) is 36.4 Å². The second-order valence-corrected chi connectivity index (χ2v) is 4.28. The van der Waals surface area contributed by atoms with Crippen LogP contribution < -0.4 is 5.32 Å². The molecule has 0 aliphatic heterocycles. The fourth-order valence-corrected chi connectivity index (χ4v) is 2.21. The zero-order valence-corrected chi connectivity index (χ0v) is 10.6. The molecule has 1 aromatic heterocycles. The van der Waals surface area contributed by atoms with Crippen LogP contribution in [0.15, 0.2) is 42.5 Å². The molecule has 0 aliphatic rings. The first-order valence-electron chi connectivity index (χ1n) is 6.22. The van der Waals surface area contributed by atoms with Crippen molar-refractivity contribution in [2.75, 3.05) is 11.9 Å². The zero-order chi connectivity index (χ0) is 13.2. The third-order valence-corrected chi connectivity index (χ3v) is 3.03. The molecule has 1 amide bonds. The molecule has 0 saturated carbocycles. The Kier molecular flexibility index (Phi) is 2.83. The van der Waals surface area contributed by atoms with E-state index in [4.69, 9.17) is 4.74 Å². The highest BCUT2D eigenvalue weighted by Gasteiger charge is 2.06. The van der Waals surface area contributed by atoms with Gasteiger partial charge in [-0.3, -0.25) is 5.32 Å². The molecule has 3 aromatic rings. The average Bonchev–Trinajstić information content (AvgIpc) is 2.77. The Morgan fingerprint density at radius 1 is 1.16 bits per heavy atom. The molecule has 96 valence electrons. The number of fused-ring (bicyclic) bond motifs is 3. The van der Waals surface area contributed by atoms with E-state index in [1.54, 1.807) is 6.92 Å². The van der Waals surface area contributed by atoms with E-state index in [1.165, 1.54) is 0 Å². The van der Waals surface area contributed by atoms with Gasteiger partial charge in [0.1, 0.15) is 0 Å². The summed E-state index contributed by atoms with van der Waals surface area (Å²) in [5, 5.41) is 4.95. The molecule has 0 atom stereocenters. The number of amides is 1. The van der Waals surface area contributed by atoms with Gasteiger partial charge in [-0.05, 0) is 31.2 Å². The number of aromatic nitrogens is 1. The minimum atomic E-state index is -0.429. The van der Waals surface area contributed by atoms with Gasteiger partial charge in [0.15, 0.2) is 0 Å². The largest absolute Gasteiger partial charge is 0.450 e. The number of carbonyl (C=O) groups excluding carboxylic acids is 1. The minimum absolute atomic E-state index is 0.362. The minimum Gasteiger partial charge on any atom is -0.450 e. The van der Waals surface area contributed by atoms with Gasteiger partial charge in [-0.1, -0.05) is 18.2 Å². The summed E-state index contributed by atoms with van der Waals surface area (Å²) in [5.74, 6) is 0. The number of ether oxygens (including phenoxy) is 1. The van der Waals surface area contributed by atoms with Crippen LogP contribution in [0, 0.1) is 0 Å². The molecular formula is C15H14N2O2. The summed E-state index contributed by atoms with van der Waals surface area (Å²) in [6, 6.07) is 13.9. The van der Waals surface area contributed by atoms with E-state index < -0.39 is 6.09 Å². The highest BCUT2D eigenvalue weighted by atomic mass is 16.5. The van der Waals surface area contributed by atoms with Crippen LogP contribution in [-0.4, -0.2) is 17.7 Å². The van der Waals surface area contributed by atoms with E-state index in [9.17, 15) is 4.79 Å². The monoisotopic (exact) mass is 254 g/mol. The molecule has 0 aliphatic carbocycles. The first-order valence-corrected chi connectivity index (χ1v) is 6.22. The molecule has 0 radical (unpaired) electrons. The molecule has 0 fully saturated rings. The normalized spacial score (nSPS) is 10.8. The molecule has 3 rings (SSSR count). The summed E-state index contributed by atoms with van der Waals surface area (Å²) in [4.78, 5) is 14.7. The van der Waals surface area contributed by atoms with Crippen LogP contribution in [0.1, 0.15) is 6.92 Å². The highest BCUT2D eigenvalue weighted by Crippen LogP contribution is 2.27. The first kappa shape index (κ1) is 11.6. The van der Waals surface area contributed by atoms with E-state index in [0.717, 1.165) is 27.5 Å². The molecule has 1 heterocycles. The summed E-state index contributed by atoms with van der Waals surface area (Å²) in [6.45, 7) is 2.14.